The molecule has 0 bridgehead atoms. The van der Waals surface area contributed by atoms with Crippen molar-refractivity contribution in [2.45, 2.75) is 25.2 Å². The number of amides is 1. The van der Waals surface area contributed by atoms with Gasteiger partial charge in [0.15, 0.2) is 5.13 Å². The molecular weight excluding hydrogens is 414 g/mol. The zero-order valence-corrected chi connectivity index (χ0v) is 19.3. The molecule has 2 heterocycles. The minimum atomic E-state index is 0.242. The molecule has 30 heavy (non-hydrogen) atoms. The fraction of sp³-hybridized carbons (Fsp3) is 0.391. The van der Waals surface area contributed by atoms with Crippen LogP contribution in [0.15, 0.2) is 41.3 Å². The first-order valence-corrected chi connectivity index (χ1v) is 12.0. The van der Waals surface area contributed by atoms with Gasteiger partial charge in [-0.05, 0) is 55.3 Å². The average Bonchev–Trinajstić information content (AvgIpc) is 3.19. The molecule has 1 fully saturated rings. The third kappa shape index (κ3) is 4.73. The highest BCUT2D eigenvalue weighted by atomic mass is 32.2. The number of carbonyl (C=O) groups excluding carboxylic acids is 1. The Labute approximate surface area is 186 Å². The van der Waals surface area contributed by atoms with Crippen LogP contribution in [0.3, 0.4) is 0 Å². The van der Waals surface area contributed by atoms with Gasteiger partial charge in [-0.2, -0.15) is 0 Å². The van der Waals surface area contributed by atoms with E-state index >= 15 is 0 Å². The van der Waals surface area contributed by atoms with E-state index in [2.05, 4.69) is 30.9 Å². The molecule has 1 amide bonds. The monoisotopic (exact) mass is 441 g/mol. The summed E-state index contributed by atoms with van der Waals surface area (Å²) in [6, 6.07) is 12.3. The second kappa shape index (κ2) is 9.27. The van der Waals surface area contributed by atoms with E-state index in [4.69, 9.17) is 9.72 Å². The highest BCUT2D eigenvalue weighted by Gasteiger charge is 2.23. The number of fused-ring (bicyclic) bond motifs is 1. The van der Waals surface area contributed by atoms with Gasteiger partial charge >= 0.3 is 0 Å². The van der Waals surface area contributed by atoms with Crippen LogP contribution in [-0.4, -0.2) is 54.8 Å². The van der Waals surface area contributed by atoms with Gasteiger partial charge in [-0.15, -0.1) is 11.8 Å². The first kappa shape index (κ1) is 21.0. The van der Waals surface area contributed by atoms with Crippen molar-refractivity contribution in [2.24, 2.45) is 0 Å². The summed E-state index contributed by atoms with van der Waals surface area (Å²) in [6.45, 7) is 7.48. The lowest BCUT2D eigenvalue weighted by atomic mass is 10.1. The normalized spacial score (nSPS) is 14.4. The molecule has 1 aliphatic rings. The summed E-state index contributed by atoms with van der Waals surface area (Å²) in [5.41, 5.74) is 3.62. The second-order valence-electron chi connectivity index (χ2n) is 7.57. The van der Waals surface area contributed by atoms with Crippen molar-refractivity contribution in [3.63, 3.8) is 0 Å². The molecule has 1 saturated heterocycles. The zero-order valence-electron chi connectivity index (χ0n) is 17.7. The molecule has 0 saturated carbocycles. The number of hydrogen-bond acceptors (Lipinski definition) is 6. The van der Waals surface area contributed by atoms with E-state index in [9.17, 15) is 4.79 Å². The van der Waals surface area contributed by atoms with Crippen LogP contribution in [0.4, 0.5) is 5.13 Å². The third-order valence-corrected chi connectivity index (χ3v) is 7.64. The summed E-state index contributed by atoms with van der Waals surface area (Å²) < 4.78 is 6.45. The zero-order chi connectivity index (χ0) is 21.1. The fourth-order valence-corrected chi connectivity index (χ4v) is 5.64. The van der Waals surface area contributed by atoms with Crippen LogP contribution in [0.25, 0.3) is 10.2 Å². The molecule has 2 aromatic carbocycles. The van der Waals surface area contributed by atoms with Crippen molar-refractivity contribution in [3.05, 3.63) is 47.5 Å². The van der Waals surface area contributed by atoms with Crippen molar-refractivity contribution >= 4 is 44.4 Å². The largest absolute Gasteiger partial charge is 0.497 e. The number of piperazine rings is 1. The molecule has 4 rings (SSSR count). The summed E-state index contributed by atoms with van der Waals surface area (Å²) in [5, 5.41) is 1.07. The molecule has 0 aliphatic carbocycles. The number of rotatable bonds is 6. The maximum Gasteiger partial charge on any atom is 0.223 e. The van der Waals surface area contributed by atoms with Crippen LogP contribution in [-0.2, 0) is 4.79 Å². The molecule has 0 atom stereocenters. The van der Waals surface area contributed by atoms with Gasteiger partial charge in [-0.1, -0.05) is 17.4 Å². The number of aryl methyl sites for hydroxylation is 2. The van der Waals surface area contributed by atoms with Gasteiger partial charge in [0.25, 0.3) is 0 Å². The Bertz CT molecular complexity index is 1020. The Balaban J connectivity index is 1.27. The van der Waals surface area contributed by atoms with Crippen LogP contribution < -0.4 is 9.64 Å². The Kier molecular flexibility index (Phi) is 6.49. The molecule has 0 N–H and O–H groups in total. The topological polar surface area (TPSA) is 45.7 Å². The number of methoxy groups -OCH3 is 1. The van der Waals surface area contributed by atoms with E-state index in [0.717, 1.165) is 53.2 Å². The predicted molar refractivity (Wildman–Crippen MR) is 126 cm³/mol. The van der Waals surface area contributed by atoms with E-state index in [1.54, 1.807) is 30.2 Å². The van der Waals surface area contributed by atoms with E-state index in [-0.39, 0.29) is 5.91 Å². The molecule has 3 aromatic rings. The van der Waals surface area contributed by atoms with Crippen LogP contribution in [0.5, 0.6) is 5.75 Å². The summed E-state index contributed by atoms with van der Waals surface area (Å²) in [6.07, 6.45) is 0.566. The van der Waals surface area contributed by atoms with Crippen molar-refractivity contribution in [1.29, 1.82) is 0 Å². The van der Waals surface area contributed by atoms with E-state index < -0.39 is 0 Å². The van der Waals surface area contributed by atoms with Crippen molar-refractivity contribution in [2.75, 3.05) is 43.9 Å². The van der Waals surface area contributed by atoms with Gasteiger partial charge in [0.05, 0.1) is 17.3 Å². The quantitative estimate of drug-likeness (QED) is 0.517. The number of carbonyl (C=O) groups is 1. The lowest BCUT2D eigenvalue weighted by Gasteiger charge is -2.34. The predicted octanol–water partition coefficient (Wildman–Crippen LogP) is 4.75. The SMILES string of the molecule is COc1ccc(SCCC(=O)N2CCN(c3nc4cc(C)cc(C)c4s3)CC2)cc1. The molecule has 0 spiro atoms. The van der Waals surface area contributed by atoms with Gasteiger partial charge in [0.1, 0.15) is 5.75 Å². The number of thiazole rings is 1. The van der Waals surface area contributed by atoms with Gasteiger partial charge < -0.3 is 14.5 Å². The Morgan fingerprint density at radius 1 is 1.13 bits per heavy atom. The maximum absolute atomic E-state index is 12.6. The standard InChI is InChI=1S/C23H27N3O2S2/c1-16-14-17(2)22-20(15-16)24-23(30-22)26-11-9-25(10-12-26)21(27)8-13-29-19-6-4-18(28-3)5-7-19/h4-7,14-15H,8-13H2,1-3H3. The summed E-state index contributed by atoms with van der Waals surface area (Å²) >= 11 is 3.47. The molecule has 1 aliphatic heterocycles. The lowest BCUT2D eigenvalue weighted by Crippen LogP contribution is -2.48. The fourth-order valence-electron chi connectivity index (χ4n) is 3.73. The van der Waals surface area contributed by atoms with Crippen molar-refractivity contribution in [3.8, 4) is 5.75 Å². The number of hydrogen-bond donors (Lipinski definition) is 0. The second-order valence-corrected chi connectivity index (χ2v) is 9.71. The minimum absolute atomic E-state index is 0.242. The number of nitrogens with zero attached hydrogens (tertiary/aromatic N) is 3. The molecule has 0 radical (unpaired) electrons. The summed E-state index contributed by atoms with van der Waals surface area (Å²) in [5.74, 6) is 1.89. The molecular formula is C23H27N3O2S2. The Morgan fingerprint density at radius 3 is 2.57 bits per heavy atom. The van der Waals surface area contributed by atoms with Crippen LogP contribution >= 0.6 is 23.1 Å². The maximum atomic E-state index is 12.6. The lowest BCUT2D eigenvalue weighted by molar-refractivity contribution is -0.131. The summed E-state index contributed by atoms with van der Waals surface area (Å²) in [4.78, 5) is 22.9. The number of anilines is 1. The van der Waals surface area contributed by atoms with Crippen LogP contribution in [0.1, 0.15) is 17.5 Å². The van der Waals surface area contributed by atoms with Gasteiger partial charge in [-0.25, -0.2) is 4.98 Å². The highest BCUT2D eigenvalue weighted by molar-refractivity contribution is 7.99. The van der Waals surface area contributed by atoms with E-state index in [1.807, 2.05) is 29.2 Å². The number of thioether (sulfide) groups is 1. The third-order valence-electron chi connectivity index (χ3n) is 5.36. The molecule has 5 nitrogen and oxygen atoms in total. The van der Waals surface area contributed by atoms with Gasteiger partial charge in [0.2, 0.25) is 5.91 Å². The van der Waals surface area contributed by atoms with Crippen molar-refractivity contribution < 1.29 is 9.53 Å². The number of ether oxygens (including phenoxy) is 1. The molecule has 0 unspecified atom stereocenters. The molecule has 1 aromatic heterocycles. The van der Waals surface area contributed by atoms with Crippen LogP contribution in [0, 0.1) is 13.8 Å². The van der Waals surface area contributed by atoms with E-state index in [0.29, 0.717) is 6.42 Å². The number of benzene rings is 2. The van der Waals surface area contributed by atoms with E-state index in [1.165, 1.54) is 15.8 Å². The first-order chi connectivity index (χ1) is 14.5. The average molecular weight is 442 g/mol. The van der Waals surface area contributed by atoms with Crippen LogP contribution in [0.2, 0.25) is 0 Å². The van der Waals surface area contributed by atoms with Gasteiger partial charge in [0, 0.05) is 43.2 Å². The number of aromatic nitrogens is 1. The Hall–Kier alpha value is -2.25. The molecule has 158 valence electrons. The summed E-state index contributed by atoms with van der Waals surface area (Å²) in [7, 11) is 1.67. The van der Waals surface area contributed by atoms with Gasteiger partial charge in [-0.3, -0.25) is 4.79 Å². The van der Waals surface area contributed by atoms with Crippen molar-refractivity contribution in [1.82, 2.24) is 9.88 Å². The minimum Gasteiger partial charge on any atom is -0.497 e. The molecule has 7 heteroatoms. The smallest absolute Gasteiger partial charge is 0.223 e. The first-order valence-electron chi connectivity index (χ1n) is 10.2. The highest BCUT2D eigenvalue weighted by Crippen LogP contribution is 2.32. The Morgan fingerprint density at radius 2 is 1.87 bits per heavy atom.